The van der Waals surface area contributed by atoms with Gasteiger partial charge < -0.3 is 0 Å². The van der Waals surface area contributed by atoms with E-state index in [4.69, 9.17) is 11.6 Å². The summed E-state index contributed by atoms with van der Waals surface area (Å²) in [5.74, 6) is 0. The Hall–Kier alpha value is -2.11. The average Bonchev–Trinajstić information content (AvgIpc) is 2.35. The predicted molar refractivity (Wildman–Crippen MR) is 69.0 cm³/mol. The Morgan fingerprint density at radius 3 is 2.59 bits per heavy atom. The van der Waals surface area contributed by atoms with E-state index in [-0.39, 0.29) is 0 Å². The molecule has 0 bridgehead atoms. The van der Waals surface area contributed by atoms with Crippen LogP contribution < -0.4 is 0 Å². The number of rotatable bonds is 0. The van der Waals surface area contributed by atoms with Crippen LogP contribution in [-0.2, 0) is 0 Å². The number of aromatic nitrogens is 1. The van der Waals surface area contributed by atoms with E-state index in [9.17, 15) is 5.26 Å². The molecule has 0 unspecified atom stereocenters. The van der Waals surface area contributed by atoms with E-state index in [1.165, 1.54) is 0 Å². The van der Waals surface area contributed by atoms with Crippen LogP contribution in [0.25, 0.3) is 21.8 Å². The second kappa shape index (κ2) is 3.73. The van der Waals surface area contributed by atoms with Crippen LogP contribution in [0.15, 0.2) is 42.5 Å². The number of pyridine rings is 1. The lowest BCUT2D eigenvalue weighted by atomic mass is 10.0. The quantitative estimate of drug-likeness (QED) is 0.557. The highest BCUT2D eigenvalue weighted by atomic mass is 35.5. The van der Waals surface area contributed by atoms with Crippen LogP contribution in [0.4, 0.5) is 0 Å². The highest BCUT2D eigenvalue weighted by molar-refractivity contribution is 6.31. The minimum Gasteiger partial charge on any atom is -0.248 e. The first-order chi connectivity index (χ1) is 8.29. The van der Waals surface area contributed by atoms with Crippen LogP contribution in [0.5, 0.6) is 0 Å². The highest BCUT2D eigenvalue weighted by Gasteiger charge is 2.08. The minimum absolute atomic E-state index is 0.629. The smallest absolute Gasteiger partial charge is 0.101 e. The zero-order chi connectivity index (χ0) is 11.8. The van der Waals surface area contributed by atoms with Gasteiger partial charge in [0.2, 0.25) is 0 Å². The normalized spacial score (nSPS) is 10.6. The molecule has 0 aliphatic carbocycles. The van der Waals surface area contributed by atoms with Gasteiger partial charge in [-0.05, 0) is 24.3 Å². The standard InChI is InChI=1S/C14H7ClN2/c15-9-5-6-11-12(8-16)10-3-1-2-4-13(10)17-14(11)7-9/h1-7H. The van der Waals surface area contributed by atoms with Gasteiger partial charge in [0.15, 0.2) is 0 Å². The number of benzene rings is 2. The van der Waals surface area contributed by atoms with Gasteiger partial charge in [-0.25, -0.2) is 4.98 Å². The van der Waals surface area contributed by atoms with Gasteiger partial charge in [-0.2, -0.15) is 5.26 Å². The van der Waals surface area contributed by atoms with Crippen molar-refractivity contribution in [2.45, 2.75) is 0 Å². The monoisotopic (exact) mass is 238 g/mol. The summed E-state index contributed by atoms with van der Waals surface area (Å²) in [6.07, 6.45) is 0. The third kappa shape index (κ3) is 1.52. The molecule has 80 valence electrons. The molecule has 1 aromatic heterocycles. The van der Waals surface area contributed by atoms with Gasteiger partial charge in [-0.1, -0.05) is 29.8 Å². The van der Waals surface area contributed by atoms with E-state index in [2.05, 4.69) is 11.1 Å². The summed E-state index contributed by atoms with van der Waals surface area (Å²) in [6.45, 7) is 0. The summed E-state index contributed by atoms with van der Waals surface area (Å²) in [5.41, 5.74) is 2.23. The maximum atomic E-state index is 9.29. The van der Waals surface area contributed by atoms with Crippen molar-refractivity contribution in [2.75, 3.05) is 0 Å². The molecule has 0 fully saturated rings. The molecule has 0 saturated carbocycles. The number of fused-ring (bicyclic) bond motifs is 2. The second-order valence-electron chi connectivity index (χ2n) is 3.78. The van der Waals surface area contributed by atoms with E-state index in [0.717, 1.165) is 21.8 Å². The number of nitrogens with zero attached hydrogens (tertiary/aromatic N) is 2. The van der Waals surface area contributed by atoms with Crippen molar-refractivity contribution in [2.24, 2.45) is 0 Å². The average molecular weight is 239 g/mol. The van der Waals surface area contributed by atoms with Gasteiger partial charge in [-0.3, -0.25) is 0 Å². The van der Waals surface area contributed by atoms with Crippen LogP contribution in [0, 0.1) is 11.3 Å². The number of hydrogen-bond acceptors (Lipinski definition) is 2. The molecule has 3 heteroatoms. The van der Waals surface area contributed by atoms with E-state index in [1.807, 2.05) is 30.3 Å². The molecule has 2 aromatic carbocycles. The van der Waals surface area contributed by atoms with Crippen LogP contribution >= 0.6 is 11.6 Å². The summed E-state index contributed by atoms with van der Waals surface area (Å²) in [7, 11) is 0. The molecule has 3 aromatic rings. The zero-order valence-corrected chi connectivity index (χ0v) is 9.57. The second-order valence-corrected chi connectivity index (χ2v) is 4.21. The van der Waals surface area contributed by atoms with Gasteiger partial charge in [0.05, 0.1) is 16.6 Å². The Morgan fingerprint density at radius 2 is 1.76 bits per heavy atom. The van der Waals surface area contributed by atoms with Crippen molar-refractivity contribution < 1.29 is 0 Å². The van der Waals surface area contributed by atoms with Crippen molar-refractivity contribution in [3.8, 4) is 6.07 Å². The van der Waals surface area contributed by atoms with E-state index in [1.54, 1.807) is 12.1 Å². The molecule has 17 heavy (non-hydrogen) atoms. The molecular formula is C14H7ClN2. The van der Waals surface area contributed by atoms with Crippen molar-refractivity contribution in [1.82, 2.24) is 4.98 Å². The van der Waals surface area contributed by atoms with Crippen molar-refractivity contribution in [3.63, 3.8) is 0 Å². The first kappa shape index (κ1) is 10.1. The Kier molecular flexibility index (Phi) is 2.21. The number of halogens is 1. The Labute approximate surface area is 103 Å². The zero-order valence-electron chi connectivity index (χ0n) is 8.81. The van der Waals surface area contributed by atoms with E-state index in [0.29, 0.717) is 10.6 Å². The SMILES string of the molecule is N#Cc1c2ccccc2nc2cc(Cl)ccc12. The van der Waals surface area contributed by atoms with Gasteiger partial charge >= 0.3 is 0 Å². The number of nitriles is 1. The summed E-state index contributed by atoms with van der Waals surface area (Å²) >= 11 is 5.94. The summed E-state index contributed by atoms with van der Waals surface area (Å²) in [6, 6.07) is 15.3. The molecule has 1 heterocycles. The van der Waals surface area contributed by atoms with Crippen LogP contribution in [0.2, 0.25) is 5.02 Å². The Bertz CT molecular complexity index is 772. The fourth-order valence-corrected chi connectivity index (χ4v) is 2.15. The van der Waals surface area contributed by atoms with Gasteiger partial charge in [0.1, 0.15) is 6.07 Å². The summed E-state index contributed by atoms with van der Waals surface area (Å²) in [4.78, 5) is 4.51. The fraction of sp³-hybridized carbons (Fsp3) is 0. The molecule has 0 aliphatic rings. The number of hydrogen-bond donors (Lipinski definition) is 0. The van der Waals surface area contributed by atoms with Crippen molar-refractivity contribution in [3.05, 3.63) is 53.1 Å². The molecule has 0 saturated heterocycles. The molecule has 3 rings (SSSR count). The molecule has 0 radical (unpaired) electrons. The Balaban J connectivity index is 2.59. The maximum absolute atomic E-state index is 9.29. The third-order valence-electron chi connectivity index (χ3n) is 2.76. The van der Waals surface area contributed by atoms with Crippen LogP contribution in [-0.4, -0.2) is 4.98 Å². The summed E-state index contributed by atoms with van der Waals surface area (Å²) in [5, 5.41) is 11.6. The Morgan fingerprint density at radius 1 is 1.00 bits per heavy atom. The first-order valence-corrected chi connectivity index (χ1v) is 5.55. The summed E-state index contributed by atoms with van der Waals surface area (Å²) < 4.78 is 0. The van der Waals surface area contributed by atoms with Gasteiger partial charge in [-0.15, -0.1) is 0 Å². The lowest BCUT2D eigenvalue weighted by Gasteiger charge is -2.04. The molecular weight excluding hydrogens is 232 g/mol. The molecule has 0 aliphatic heterocycles. The molecule has 2 nitrogen and oxygen atoms in total. The van der Waals surface area contributed by atoms with Crippen molar-refractivity contribution in [1.29, 1.82) is 5.26 Å². The van der Waals surface area contributed by atoms with Crippen molar-refractivity contribution >= 4 is 33.4 Å². The lowest BCUT2D eigenvalue weighted by molar-refractivity contribution is 1.47. The maximum Gasteiger partial charge on any atom is 0.101 e. The highest BCUT2D eigenvalue weighted by Crippen LogP contribution is 2.26. The lowest BCUT2D eigenvalue weighted by Crippen LogP contribution is -1.88. The molecule has 0 spiro atoms. The minimum atomic E-state index is 0.629. The predicted octanol–water partition coefficient (Wildman–Crippen LogP) is 3.91. The largest absolute Gasteiger partial charge is 0.248 e. The van der Waals surface area contributed by atoms with Gasteiger partial charge in [0.25, 0.3) is 0 Å². The van der Waals surface area contributed by atoms with Crippen LogP contribution in [0.1, 0.15) is 5.56 Å². The van der Waals surface area contributed by atoms with E-state index < -0.39 is 0 Å². The first-order valence-electron chi connectivity index (χ1n) is 5.18. The third-order valence-corrected chi connectivity index (χ3v) is 2.99. The molecule has 0 N–H and O–H groups in total. The van der Waals surface area contributed by atoms with Crippen LogP contribution in [0.3, 0.4) is 0 Å². The molecule has 0 amide bonds. The topological polar surface area (TPSA) is 36.7 Å². The van der Waals surface area contributed by atoms with E-state index >= 15 is 0 Å². The fourth-order valence-electron chi connectivity index (χ4n) is 1.99. The van der Waals surface area contributed by atoms with Gasteiger partial charge in [0, 0.05) is 15.8 Å². The molecule has 0 atom stereocenters. The number of para-hydroxylation sites is 1.